The van der Waals surface area contributed by atoms with Gasteiger partial charge in [-0.3, -0.25) is 9.59 Å². The lowest BCUT2D eigenvalue weighted by Gasteiger charge is -2.24. The molecule has 1 heterocycles. The summed E-state index contributed by atoms with van der Waals surface area (Å²) >= 11 is 0. The number of carboxylic acids is 1. The Hall–Kier alpha value is -2.62. The second-order valence-corrected chi connectivity index (χ2v) is 6.38. The number of alkyl halides is 3. The van der Waals surface area contributed by atoms with Crippen molar-refractivity contribution < 1.29 is 37.8 Å². The summed E-state index contributed by atoms with van der Waals surface area (Å²) in [7, 11) is 0. The first kappa shape index (κ1) is 20.7. The molecule has 0 spiro atoms. The molecular formula is C17H19F3N2O5. The molecule has 1 aromatic rings. The number of likely N-dealkylation sites (tertiary alicyclic amines) is 1. The summed E-state index contributed by atoms with van der Waals surface area (Å²) in [6.45, 7) is 1.18. The van der Waals surface area contributed by atoms with Crippen LogP contribution in [-0.2, 0) is 27.0 Å². The van der Waals surface area contributed by atoms with Crippen LogP contribution in [0.3, 0.4) is 0 Å². The van der Waals surface area contributed by atoms with E-state index in [1.165, 1.54) is 13.0 Å². The Morgan fingerprint density at radius 1 is 1.33 bits per heavy atom. The third-order valence-corrected chi connectivity index (χ3v) is 4.29. The molecule has 1 fully saturated rings. The first-order valence-corrected chi connectivity index (χ1v) is 8.13. The first-order chi connectivity index (χ1) is 12.5. The number of carbonyl (C=O) groups is 3. The summed E-state index contributed by atoms with van der Waals surface area (Å²) in [4.78, 5) is 36.5. The molecular weight excluding hydrogens is 369 g/mol. The van der Waals surface area contributed by atoms with E-state index < -0.39 is 47.7 Å². The number of amides is 2. The van der Waals surface area contributed by atoms with E-state index in [2.05, 4.69) is 5.32 Å². The molecule has 3 atom stereocenters. The Morgan fingerprint density at radius 2 is 2.00 bits per heavy atom. The zero-order valence-electron chi connectivity index (χ0n) is 14.4. The van der Waals surface area contributed by atoms with Crippen LogP contribution in [0.4, 0.5) is 13.2 Å². The minimum atomic E-state index is -4.57. The predicted octanol–water partition coefficient (Wildman–Crippen LogP) is 0.799. The minimum absolute atomic E-state index is 0.0404. The molecule has 2 rings (SSSR count). The van der Waals surface area contributed by atoms with Crippen LogP contribution in [0.1, 0.15) is 24.5 Å². The normalized spacial score (nSPS) is 21.0. The summed E-state index contributed by atoms with van der Waals surface area (Å²) in [5.41, 5.74) is -0.829. The topological polar surface area (TPSA) is 107 Å². The van der Waals surface area contributed by atoms with Crippen molar-refractivity contribution in [3.63, 3.8) is 0 Å². The fourth-order valence-corrected chi connectivity index (χ4v) is 2.99. The number of hydrogen-bond donors (Lipinski definition) is 3. The molecule has 27 heavy (non-hydrogen) atoms. The van der Waals surface area contributed by atoms with Crippen LogP contribution in [0.2, 0.25) is 0 Å². The van der Waals surface area contributed by atoms with E-state index in [0.29, 0.717) is 0 Å². The highest BCUT2D eigenvalue weighted by Crippen LogP contribution is 2.29. The largest absolute Gasteiger partial charge is 0.480 e. The van der Waals surface area contributed by atoms with Crippen LogP contribution in [0.5, 0.6) is 0 Å². The molecule has 0 aromatic heterocycles. The van der Waals surface area contributed by atoms with E-state index in [1.807, 2.05) is 0 Å². The SMILES string of the molecule is CC(=O)N1C[C@H](O)C[C@H]1C(=O)N[C@@H](Cc1cccc(C(F)(F)F)c1)C(=O)O. The first-order valence-electron chi connectivity index (χ1n) is 8.13. The number of benzene rings is 1. The average Bonchev–Trinajstić information content (AvgIpc) is 2.96. The molecule has 1 aliphatic heterocycles. The number of carbonyl (C=O) groups excluding carboxylic acids is 2. The third-order valence-electron chi connectivity index (χ3n) is 4.29. The Morgan fingerprint density at radius 3 is 2.56 bits per heavy atom. The smallest absolute Gasteiger partial charge is 0.416 e. The number of aliphatic hydroxyl groups excluding tert-OH is 1. The number of carboxylic acid groups (broad SMARTS) is 1. The van der Waals surface area contributed by atoms with Crippen LogP contribution in [-0.4, -0.2) is 57.6 Å². The van der Waals surface area contributed by atoms with Gasteiger partial charge in [-0.2, -0.15) is 13.2 Å². The van der Waals surface area contributed by atoms with Gasteiger partial charge in [-0.1, -0.05) is 18.2 Å². The van der Waals surface area contributed by atoms with Crippen molar-refractivity contribution in [3.8, 4) is 0 Å². The van der Waals surface area contributed by atoms with Gasteiger partial charge in [-0.05, 0) is 11.6 Å². The van der Waals surface area contributed by atoms with Gasteiger partial charge in [0.05, 0.1) is 11.7 Å². The van der Waals surface area contributed by atoms with Gasteiger partial charge in [-0.15, -0.1) is 0 Å². The number of halogens is 3. The van der Waals surface area contributed by atoms with E-state index in [1.54, 1.807) is 0 Å². The fourth-order valence-electron chi connectivity index (χ4n) is 2.99. The van der Waals surface area contributed by atoms with E-state index in [0.717, 1.165) is 23.1 Å². The number of nitrogens with one attached hydrogen (secondary N) is 1. The molecule has 148 valence electrons. The molecule has 1 aromatic carbocycles. The van der Waals surface area contributed by atoms with Crippen molar-refractivity contribution in [2.75, 3.05) is 6.54 Å². The Balaban J connectivity index is 2.13. The molecule has 0 saturated carbocycles. The van der Waals surface area contributed by atoms with Gasteiger partial charge in [0.25, 0.3) is 0 Å². The summed E-state index contributed by atoms with van der Waals surface area (Å²) in [5, 5.41) is 21.2. The van der Waals surface area contributed by atoms with Gasteiger partial charge < -0.3 is 20.4 Å². The number of aliphatic carboxylic acids is 1. The van der Waals surface area contributed by atoms with Crippen molar-refractivity contribution in [2.24, 2.45) is 0 Å². The number of hydrogen-bond acceptors (Lipinski definition) is 4. The summed E-state index contributed by atoms with van der Waals surface area (Å²) < 4.78 is 38.4. The van der Waals surface area contributed by atoms with Crippen molar-refractivity contribution >= 4 is 17.8 Å². The fraction of sp³-hybridized carbons (Fsp3) is 0.471. The van der Waals surface area contributed by atoms with Crippen LogP contribution < -0.4 is 5.32 Å². The van der Waals surface area contributed by atoms with Crippen LogP contribution in [0.15, 0.2) is 24.3 Å². The minimum Gasteiger partial charge on any atom is -0.480 e. The molecule has 1 aliphatic rings. The zero-order chi connectivity index (χ0) is 20.4. The van der Waals surface area contributed by atoms with Crippen LogP contribution in [0.25, 0.3) is 0 Å². The highest BCUT2D eigenvalue weighted by Gasteiger charge is 2.39. The van der Waals surface area contributed by atoms with Gasteiger partial charge in [0.2, 0.25) is 11.8 Å². The summed E-state index contributed by atoms with van der Waals surface area (Å²) in [6, 6.07) is 1.67. The van der Waals surface area contributed by atoms with E-state index in [4.69, 9.17) is 0 Å². The maximum absolute atomic E-state index is 12.8. The molecule has 1 saturated heterocycles. The van der Waals surface area contributed by atoms with Crippen LogP contribution in [0, 0.1) is 0 Å². The van der Waals surface area contributed by atoms with Crippen molar-refractivity contribution in [1.82, 2.24) is 10.2 Å². The Labute approximate surface area is 152 Å². The van der Waals surface area contributed by atoms with Crippen molar-refractivity contribution in [2.45, 2.75) is 44.1 Å². The maximum Gasteiger partial charge on any atom is 0.416 e. The average molecular weight is 388 g/mol. The molecule has 0 bridgehead atoms. The zero-order valence-corrected chi connectivity index (χ0v) is 14.4. The van der Waals surface area contributed by atoms with E-state index in [-0.39, 0.29) is 24.9 Å². The summed E-state index contributed by atoms with van der Waals surface area (Å²) in [5.74, 6) is -2.65. The number of nitrogens with zero attached hydrogens (tertiary/aromatic N) is 1. The molecule has 3 N–H and O–H groups in total. The van der Waals surface area contributed by atoms with Gasteiger partial charge >= 0.3 is 12.1 Å². The molecule has 10 heteroatoms. The van der Waals surface area contributed by atoms with Gasteiger partial charge in [0.1, 0.15) is 12.1 Å². The highest BCUT2D eigenvalue weighted by atomic mass is 19.4. The second-order valence-electron chi connectivity index (χ2n) is 6.38. The van der Waals surface area contributed by atoms with E-state index >= 15 is 0 Å². The van der Waals surface area contributed by atoms with Crippen molar-refractivity contribution in [3.05, 3.63) is 35.4 Å². The number of aliphatic hydroxyl groups is 1. The highest BCUT2D eigenvalue weighted by molar-refractivity contribution is 5.90. The molecule has 2 amide bonds. The predicted molar refractivity (Wildman–Crippen MR) is 86.5 cm³/mol. The Bertz CT molecular complexity index is 738. The lowest BCUT2D eigenvalue weighted by molar-refractivity contribution is -0.143. The third kappa shape index (κ3) is 5.19. The number of β-amino-alcohol motifs (C(OH)–C–C–N with tert-alkyl or cyclic N) is 1. The molecule has 0 unspecified atom stereocenters. The molecule has 7 nitrogen and oxygen atoms in total. The molecule has 0 radical (unpaired) electrons. The lowest BCUT2D eigenvalue weighted by Crippen LogP contribution is -2.51. The maximum atomic E-state index is 12.8. The quantitative estimate of drug-likeness (QED) is 0.692. The van der Waals surface area contributed by atoms with Gasteiger partial charge in [0.15, 0.2) is 0 Å². The van der Waals surface area contributed by atoms with E-state index in [9.17, 15) is 37.8 Å². The second kappa shape index (κ2) is 7.95. The van der Waals surface area contributed by atoms with Gasteiger partial charge in [0, 0.05) is 26.3 Å². The van der Waals surface area contributed by atoms with Crippen LogP contribution >= 0.6 is 0 Å². The van der Waals surface area contributed by atoms with Gasteiger partial charge in [-0.25, -0.2) is 4.79 Å². The van der Waals surface area contributed by atoms with Crippen molar-refractivity contribution in [1.29, 1.82) is 0 Å². The monoisotopic (exact) mass is 388 g/mol. The molecule has 0 aliphatic carbocycles. The number of rotatable bonds is 5. The summed E-state index contributed by atoms with van der Waals surface area (Å²) in [6.07, 6.45) is -5.88. The standard InChI is InChI=1S/C17H19F3N2O5/c1-9(23)22-8-12(24)7-14(22)15(25)21-13(16(26)27)6-10-3-2-4-11(5-10)17(18,19)20/h2-5,12-14,24H,6-8H2,1H3,(H,21,25)(H,26,27)/t12-,13+,14+/m1/s1. The Kier molecular flexibility index (Phi) is 6.09. The lowest BCUT2D eigenvalue weighted by atomic mass is 10.0.